The van der Waals surface area contributed by atoms with Crippen LogP contribution in [-0.2, 0) is 7.05 Å². The van der Waals surface area contributed by atoms with Crippen molar-refractivity contribution in [3.63, 3.8) is 0 Å². The number of amides is 1. The Morgan fingerprint density at radius 2 is 2.00 bits per heavy atom. The number of ether oxygens (including phenoxy) is 1. The maximum absolute atomic E-state index is 12.7. The zero-order valence-corrected chi connectivity index (χ0v) is 16.8. The van der Waals surface area contributed by atoms with Gasteiger partial charge in [0.1, 0.15) is 23.7 Å². The normalized spacial score (nSPS) is 20.4. The zero-order chi connectivity index (χ0) is 19.6. The highest BCUT2D eigenvalue weighted by molar-refractivity contribution is 6.32. The van der Waals surface area contributed by atoms with Crippen molar-refractivity contribution >= 4 is 17.5 Å². The molecule has 0 spiro atoms. The molecule has 1 N–H and O–H groups in total. The van der Waals surface area contributed by atoms with Crippen LogP contribution in [0.15, 0.2) is 24.4 Å². The van der Waals surface area contributed by atoms with Crippen LogP contribution in [0, 0.1) is 13.8 Å². The summed E-state index contributed by atoms with van der Waals surface area (Å²) in [5, 5.41) is 15.8. The highest BCUT2D eigenvalue weighted by Crippen LogP contribution is 2.28. The quantitative estimate of drug-likeness (QED) is 0.869. The molecule has 1 fully saturated rings. The van der Waals surface area contributed by atoms with Gasteiger partial charge >= 0.3 is 0 Å². The van der Waals surface area contributed by atoms with Crippen molar-refractivity contribution in [2.45, 2.75) is 38.7 Å². The van der Waals surface area contributed by atoms with Gasteiger partial charge in [-0.05, 0) is 62.4 Å². The first-order valence-electron chi connectivity index (χ1n) is 9.18. The van der Waals surface area contributed by atoms with Crippen LogP contribution in [-0.4, -0.2) is 51.0 Å². The van der Waals surface area contributed by atoms with E-state index >= 15 is 0 Å². The Hall–Kier alpha value is -2.05. The van der Waals surface area contributed by atoms with Gasteiger partial charge in [-0.25, -0.2) is 0 Å². The molecular formula is C20H26ClN3O3. The van der Waals surface area contributed by atoms with Crippen LogP contribution in [0.1, 0.15) is 40.9 Å². The molecule has 6 nitrogen and oxygen atoms in total. The molecule has 1 amide bonds. The maximum Gasteiger partial charge on any atom is 0.272 e. The fourth-order valence-electron chi connectivity index (χ4n) is 3.48. The van der Waals surface area contributed by atoms with Gasteiger partial charge in [0.05, 0.1) is 0 Å². The molecule has 0 radical (unpaired) electrons. The van der Waals surface area contributed by atoms with Gasteiger partial charge in [0.2, 0.25) is 0 Å². The molecule has 1 aliphatic heterocycles. The minimum atomic E-state index is -0.955. The maximum atomic E-state index is 12.7. The molecule has 0 bridgehead atoms. The Kier molecular flexibility index (Phi) is 5.77. The molecule has 1 aromatic heterocycles. The predicted molar refractivity (Wildman–Crippen MR) is 104 cm³/mol. The molecule has 1 aromatic carbocycles. The van der Waals surface area contributed by atoms with Gasteiger partial charge in [-0.3, -0.25) is 9.48 Å². The number of nitrogens with zero attached hydrogens (tertiary/aromatic N) is 3. The monoisotopic (exact) mass is 391 g/mol. The second-order valence-corrected chi connectivity index (χ2v) is 7.75. The summed E-state index contributed by atoms with van der Waals surface area (Å²) in [6.07, 6.45) is 3.41. The lowest BCUT2D eigenvalue weighted by molar-refractivity contribution is -0.0163. The molecule has 27 heavy (non-hydrogen) atoms. The van der Waals surface area contributed by atoms with E-state index in [4.69, 9.17) is 16.3 Å². The number of carbonyl (C=O) groups excluding carboxylic acids is 1. The summed E-state index contributed by atoms with van der Waals surface area (Å²) >= 11 is 6.20. The van der Waals surface area contributed by atoms with Crippen LogP contribution in [0.5, 0.6) is 5.75 Å². The highest BCUT2D eigenvalue weighted by Gasteiger charge is 2.33. The highest BCUT2D eigenvalue weighted by atomic mass is 35.5. The average molecular weight is 392 g/mol. The number of rotatable bonds is 4. The SMILES string of the molecule is Cc1cc(OCC2(O)CCCN(C(=O)c3ccnn3C)CC2)cc(C)c1Cl. The van der Waals surface area contributed by atoms with Crippen LogP contribution < -0.4 is 4.74 Å². The van der Waals surface area contributed by atoms with Gasteiger partial charge in [-0.1, -0.05) is 11.6 Å². The van der Waals surface area contributed by atoms with Gasteiger partial charge in [0.25, 0.3) is 5.91 Å². The standard InChI is InChI=1S/C20H26ClN3O3/c1-14-11-16(12-15(2)18(14)21)27-13-20(26)6-4-9-24(10-7-20)19(25)17-5-8-22-23(17)3/h5,8,11-12,26H,4,6-7,9-10,13H2,1-3H3. The number of likely N-dealkylation sites (tertiary alicyclic amines) is 1. The molecule has 1 aliphatic rings. The van der Waals surface area contributed by atoms with Crippen molar-refractivity contribution < 1.29 is 14.6 Å². The Morgan fingerprint density at radius 3 is 2.63 bits per heavy atom. The largest absolute Gasteiger partial charge is 0.491 e. The molecule has 3 rings (SSSR count). The lowest BCUT2D eigenvalue weighted by Gasteiger charge is -2.27. The molecule has 2 aromatic rings. The summed E-state index contributed by atoms with van der Waals surface area (Å²) in [4.78, 5) is 14.5. The van der Waals surface area contributed by atoms with Crippen LogP contribution in [0.25, 0.3) is 0 Å². The van der Waals surface area contributed by atoms with E-state index in [0.29, 0.717) is 37.4 Å². The van der Waals surface area contributed by atoms with Crippen LogP contribution in [0.4, 0.5) is 0 Å². The Morgan fingerprint density at radius 1 is 1.30 bits per heavy atom. The zero-order valence-electron chi connectivity index (χ0n) is 16.0. The molecule has 0 aliphatic carbocycles. The fraction of sp³-hybridized carbons (Fsp3) is 0.500. The summed E-state index contributed by atoms with van der Waals surface area (Å²) in [6, 6.07) is 5.48. The number of hydrogen-bond acceptors (Lipinski definition) is 4. The van der Waals surface area contributed by atoms with Crippen LogP contribution in [0.3, 0.4) is 0 Å². The molecule has 1 atom stereocenters. The molecule has 2 heterocycles. The van der Waals surface area contributed by atoms with E-state index in [2.05, 4.69) is 5.10 Å². The third-order valence-corrected chi connectivity index (χ3v) is 5.76. The van der Waals surface area contributed by atoms with E-state index in [1.54, 1.807) is 28.9 Å². The Labute approximate surface area is 164 Å². The van der Waals surface area contributed by atoms with Crippen molar-refractivity contribution in [2.24, 2.45) is 7.05 Å². The van der Waals surface area contributed by atoms with Crippen molar-refractivity contribution in [1.82, 2.24) is 14.7 Å². The number of aliphatic hydroxyl groups is 1. The third kappa shape index (κ3) is 4.45. The summed E-state index contributed by atoms with van der Waals surface area (Å²) in [5.41, 5.74) is 1.51. The summed E-state index contributed by atoms with van der Waals surface area (Å²) < 4.78 is 7.46. The molecule has 1 unspecified atom stereocenters. The Balaban J connectivity index is 1.62. The van der Waals surface area contributed by atoms with E-state index in [1.807, 2.05) is 26.0 Å². The van der Waals surface area contributed by atoms with Crippen molar-refractivity contribution in [3.05, 3.63) is 46.2 Å². The van der Waals surface area contributed by atoms with E-state index < -0.39 is 5.60 Å². The number of hydrogen-bond donors (Lipinski definition) is 1. The van der Waals surface area contributed by atoms with Gasteiger partial charge < -0.3 is 14.7 Å². The van der Waals surface area contributed by atoms with E-state index in [1.165, 1.54) is 0 Å². The lowest BCUT2D eigenvalue weighted by Crippen LogP contribution is -2.38. The van der Waals surface area contributed by atoms with E-state index in [9.17, 15) is 9.90 Å². The smallest absolute Gasteiger partial charge is 0.272 e. The minimum absolute atomic E-state index is 0.0517. The first kappa shape index (κ1) is 19.7. The molecule has 7 heteroatoms. The molecular weight excluding hydrogens is 366 g/mol. The van der Waals surface area contributed by atoms with E-state index in [-0.39, 0.29) is 12.5 Å². The first-order chi connectivity index (χ1) is 12.8. The predicted octanol–water partition coefficient (Wildman–Crippen LogP) is 3.13. The second-order valence-electron chi connectivity index (χ2n) is 7.37. The molecule has 1 saturated heterocycles. The summed E-state index contributed by atoms with van der Waals surface area (Å²) in [5.74, 6) is 0.652. The average Bonchev–Trinajstić information content (AvgIpc) is 2.96. The van der Waals surface area contributed by atoms with E-state index in [0.717, 1.165) is 22.6 Å². The second kappa shape index (κ2) is 7.90. The van der Waals surface area contributed by atoms with Crippen LogP contribution in [0.2, 0.25) is 5.02 Å². The molecule has 0 saturated carbocycles. The number of aryl methyl sites for hydroxylation is 3. The van der Waals surface area contributed by atoms with Crippen molar-refractivity contribution in [2.75, 3.05) is 19.7 Å². The van der Waals surface area contributed by atoms with Gasteiger partial charge in [0.15, 0.2) is 0 Å². The first-order valence-corrected chi connectivity index (χ1v) is 9.56. The summed E-state index contributed by atoms with van der Waals surface area (Å²) in [7, 11) is 1.76. The van der Waals surface area contributed by atoms with Gasteiger partial charge in [-0.2, -0.15) is 5.10 Å². The lowest BCUT2D eigenvalue weighted by atomic mass is 9.96. The molecule has 146 valence electrons. The number of aromatic nitrogens is 2. The van der Waals surface area contributed by atoms with Crippen molar-refractivity contribution in [1.29, 1.82) is 0 Å². The summed E-state index contributed by atoms with van der Waals surface area (Å²) in [6.45, 7) is 5.17. The topological polar surface area (TPSA) is 67.6 Å². The number of halogens is 1. The van der Waals surface area contributed by atoms with Gasteiger partial charge in [-0.15, -0.1) is 0 Å². The number of carbonyl (C=O) groups is 1. The minimum Gasteiger partial charge on any atom is -0.491 e. The van der Waals surface area contributed by atoms with Crippen LogP contribution >= 0.6 is 11.6 Å². The van der Waals surface area contributed by atoms with Gasteiger partial charge in [0, 0.05) is 31.4 Å². The van der Waals surface area contributed by atoms with Crippen molar-refractivity contribution in [3.8, 4) is 5.75 Å². The Bertz CT molecular complexity index is 813. The fourth-order valence-corrected chi connectivity index (χ4v) is 3.59. The third-order valence-electron chi connectivity index (χ3n) is 5.16. The number of benzene rings is 1.